The lowest BCUT2D eigenvalue weighted by atomic mass is 9.74. The van der Waals surface area contributed by atoms with E-state index >= 15 is 0 Å². The summed E-state index contributed by atoms with van der Waals surface area (Å²) in [7, 11) is 0. The molecule has 2 heterocycles. The number of thiophene rings is 1. The molecule has 5 nitrogen and oxygen atoms in total. The van der Waals surface area contributed by atoms with E-state index in [9.17, 15) is 9.59 Å². The van der Waals surface area contributed by atoms with Crippen LogP contribution in [0.15, 0.2) is 77.3 Å². The number of anilines is 3. The molecule has 0 radical (unpaired) electrons. The van der Waals surface area contributed by atoms with Gasteiger partial charge in [0, 0.05) is 28.3 Å². The lowest BCUT2D eigenvalue weighted by Crippen LogP contribution is -2.41. The summed E-state index contributed by atoms with van der Waals surface area (Å²) in [5.41, 5.74) is 4.77. The largest absolute Gasteiger partial charge is 0.357 e. The zero-order valence-corrected chi connectivity index (χ0v) is 19.8. The van der Waals surface area contributed by atoms with Crippen LogP contribution in [-0.2, 0) is 4.79 Å². The van der Waals surface area contributed by atoms with Gasteiger partial charge in [-0.3, -0.25) is 9.69 Å². The molecule has 1 atom stereocenters. The van der Waals surface area contributed by atoms with Crippen molar-refractivity contribution < 1.29 is 9.59 Å². The average molecular weight is 458 g/mol. The number of benzene rings is 2. The molecule has 5 rings (SSSR count). The molecule has 2 aliphatic rings. The first kappa shape index (κ1) is 21.5. The molecule has 0 spiro atoms. The fraction of sp³-hybridized carbons (Fsp3) is 0.259. The quantitative estimate of drug-likeness (QED) is 0.440. The molecule has 2 amide bonds. The smallest absolute Gasteiger partial charge is 0.327 e. The van der Waals surface area contributed by atoms with Crippen molar-refractivity contribution in [2.24, 2.45) is 5.41 Å². The van der Waals surface area contributed by atoms with Crippen LogP contribution >= 0.6 is 11.3 Å². The van der Waals surface area contributed by atoms with Gasteiger partial charge in [0.15, 0.2) is 5.78 Å². The minimum Gasteiger partial charge on any atom is -0.357 e. The van der Waals surface area contributed by atoms with E-state index in [0.29, 0.717) is 12.0 Å². The number of nitrogens with one attached hydrogen (secondary N) is 2. The highest BCUT2D eigenvalue weighted by Crippen LogP contribution is 2.49. The number of carbonyl (C=O) groups excluding carboxylic acids is 2. The number of fused-ring (bicyclic) bond motifs is 1. The monoisotopic (exact) mass is 457 g/mol. The van der Waals surface area contributed by atoms with E-state index in [0.717, 1.165) is 39.6 Å². The molecule has 33 heavy (non-hydrogen) atoms. The first-order valence-electron chi connectivity index (χ1n) is 11.2. The van der Waals surface area contributed by atoms with Crippen molar-refractivity contribution in [1.29, 1.82) is 0 Å². The second-order valence-corrected chi connectivity index (χ2v) is 10.5. The van der Waals surface area contributed by atoms with Crippen LogP contribution < -0.4 is 15.5 Å². The summed E-state index contributed by atoms with van der Waals surface area (Å²) in [5.74, 6) is 0.0913. The Labute approximate surface area is 198 Å². The van der Waals surface area contributed by atoms with Crippen LogP contribution in [-0.4, -0.2) is 11.8 Å². The van der Waals surface area contributed by atoms with Crippen molar-refractivity contribution in [3.8, 4) is 0 Å². The third kappa shape index (κ3) is 3.95. The number of urea groups is 1. The average Bonchev–Trinajstić information content (AvgIpc) is 3.24. The SMILES string of the molecule is Cc1ccccc1NC(=O)N1c2ccccc2NC2=C(C(=O)CC(C)(C)C2)[C@@H]1c1cccs1. The molecule has 0 saturated heterocycles. The van der Waals surface area contributed by atoms with E-state index in [1.807, 2.05) is 73.0 Å². The lowest BCUT2D eigenvalue weighted by molar-refractivity contribution is -0.118. The lowest BCUT2D eigenvalue weighted by Gasteiger charge is -2.36. The van der Waals surface area contributed by atoms with Gasteiger partial charge in [-0.05, 0) is 54.0 Å². The molecular formula is C27H27N3O2S. The Bertz CT molecular complexity index is 1260. The first-order chi connectivity index (χ1) is 15.8. The Balaban J connectivity index is 1.70. The molecule has 0 saturated carbocycles. The van der Waals surface area contributed by atoms with E-state index in [1.54, 1.807) is 16.2 Å². The second kappa shape index (κ2) is 8.19. The molecular weight excluding hydrogens is 430 g/mol. The predicted molar refractivity (Wildman–Crippen MR) is 135 cm³/mol. The van der Waals surface area contributed by atoms with Crippen molar-refractivity contribution in [1.82, 2.24) is 0 Å². The number of para-hydroxylation sites is 3. The Morgan fingerprint density at radius 2 is 1.82 bits per heavy atom. The van der Waals surface area contributed by atoms with Gasteiger partial charge in [0.25, 0.3) is 0 Å². The maximum absolute atomic E-state index is 13.9. The van der Waals surface area contributed by atoms with Gasteiger partial charge < -0.3 is 10.6 Å². The summed E-state index contributed by atoms with van der Waals surface area (Å²) < 4.78 is 0. The van der Waals surface area contributed by atoms with Crippen LogP contribution in [0.5, 0.6) is 0 Å². The Hall–Kier alpha value is -3.38. The predicted octanol–water partition coefficient (Wildman–Crippen LogP) is 6.91. The van der Waals surface area contributed by atoms with Crippen LogP contribution in [0.3, 0.4) is 0 Å². The number of nitrogens with zero attached hydrogens (tertiary/aromatic N) is 1. The van der Waals surface area contributed by atoms with Crippen LogP contribution in [0.25, 0.3) is 0 Å². The van der Waals surface area contributed by atoms with E-state index in [2.05, 4.69) is 24.5 Å². The van der Waals surface area contributed by atoms with Crippen molar-refractivity contribution in [3.63, 3.8) is 0 Å². The zero-order chi connectivity index (χ0) is 23.2. The zero-order valence-electron chi connectivity index (χ0n) is 19.0. The summed E-state index contributed by atoms with van der Waals surface area (Å²) in [4.78, 5) is 30.2. The molecule has 0 bridgehead atoms. The van der Waals surface area contributed by atoms with E-state index in [-0.39, 0.29) is 17.2 Å². The van der Waals surface area contributed by atoms with Gasteiger partial charge in [-0.2, -0.15) is 0 Å². The van der Waals surface area contributed by atoms with Gasteiger partial charge in [0.05, 0.1) is 11.4 Å². The minimum atomic E-state index is -0.497. The van der Waals surface area contributed by atoms with Gasteiger partial charge in [-0.15, -0.1) is 11.3 Å². The van der Waals surface area contributed by atoms with Crippen LogP contribution in [0.4, 0.5) is 21.9 Å². The number of carbonyl (C=O) groups is 2. The van der Waals surface area contributed by atoms with Crippen molar-refractivity contribution in [2.75, 3.05) is 15.5 Å². The van der Waals surface area contributed by atoms with E-state index in [4.69, 9.17) is 0 Å². The molecule has 2 N–H and O–H groups in total. The van der Waals surface area contributed by atoms with Gasteiger partial charge >= 0.3 is 6.03 Å². The fourth-order valence-corrected chi connectivity index (χ4v) is 5.64. The van der Waals surface area contributed by atoms with E-state index in [1.165, 1.54) is 0 Å². The fourth-order valence-electron chi connectivity index (χ4n) is 4.82. The Morgan fingerprint density at radius 1 is 1.06 bits per heavy atom. The first-order valence-corrected chi connectivity index (χ1v) is 12.0. The molecule has 0 fully saturated rings. The Kier molecular flexibility index (Phi) is 5.33. The number of allylic oxidation sites excluding steroid dienone is 1. The number of Topliss-reactive ketones (excluding diaryl/α,β-unsaturated/α-hetero) is 1. The number of hydrogen-bond acceptors (Lipinski definition) is 4. The summed E-state index contributed by atoms with van der Waals surface area (Å²) in [6, 6.07) is 18.7. The molecule has 168 valence electrons. The number of ketones is 1. The molecule has 1 aliphatic carbocycles. The highest BCUT2D eigenvalue weighted by molar-refractivity contribution is 7.10. The molecule has 1 aliphatic heterocycles. The normalized spacial score (nSPS) is 19.3. The summed E-state index contributed by atoms with van der Waals surface area (Å²) in [5, 5.41) is 8.63. The van der Waals surface area contributed by atoms with Crippen molar-refractivity contribution >= 4 is 40.2 Å². The third-order valence-electron chi connectivity index (χ3n) is 6.32. The Morgan fingerprint density at radius 3 is 2.58 bits per heavy atom. The highest BCUT2D eigenvalue weighted by Gasteiger charge is 2.43. The van der Waals surface area contributed by atoms with Gasteiger partial charge in [0.2, 0.25) is 0 Å². The number of aryl methyl sites for hydroxylation is 1. The van der Waals surface area contributed by atoms with Gasteiger partial charge in [-0.25, -0.2) is 4.79 Å². The van der Waals surface area contributed by atoms with Crippen LogP contribution in [0.2, 0.25) is 0 Å². The molecule has 0 unspecified atom stereocenters. The summed E-state index contributed by atoms with van der Waals surface area (Å²) in [6.45, 7) is 6.21. The summed E-state index contributed by atoms with van der Waals surface area (Å²) >= 11 is 1.57. The van der Waals surface area contributed by atoms with Crippen LogP contribution in [0.1, 0.15) is 43.2 Å². The van der Waals surface area contributed by atoms with Gasteiger partial charge in [-0.1, -0.05) is 50.2 Å². The van der Waals surface area contributed by atoms with E-state index < -0.39 is 6.04 Å². The van der Waals surface area contributed by atoms with Crippen LogP contribution in [0, 0.1) is 12.3 Å². The number of amides is 2. The van der Waals surface area contributed by atoms with Crippen molar-refractivity contribution in [2.45, 2.75) is 39.7 Å². The maximum Gasteiger partial charge on any atom is 0.327 e. The second-order valence-electron chi connectivity index (χ2n) is 9.51. The standard InChI is InChI=1S/C27H27N3O2S/c1-17-9-4-5-10-18(17)29-26(32)30-21-12-7-6-11-19(21)28-20-15-27(2,3)16-22(31)24(20)25(30)23-13-8-14-33-23/h4-14,25,28H,15-16H2,1-3H3,(H,29,32)/t25-/m0/s1. The molecule has 3 aromatic rings. The molecule has 2 aromatic carbocycles. The summed E-state index contributed by atoms with van der Waals surface area (Å²) in [6.07, 6.45) is 1.20. The molecule has 1 aromatic heterocycles. The minimum absolute atomic E-state index is 0.0913. The number of hydrogen-bond donors (Lipinski definition) is 2. The van der Waals surface area contributed by atoms with Gasteiger partial charge in [0.1, 0.15) is 6.04 Å². The topological polar surface area (TPSA) is 61.4 Å². The third-order valence-corrected chi connectivity index (χ3v) is 7.24. The molecule has 6 heteroatoms. The van der Waals surface area contributed by atoms with Crippen molar-refractivity contribution in [3.05, 3.63) is 87.8 Å². The maximum atomic E-state index is 13.9. The number of rotatable bonds is 2. The highest BCUT2D eigenvalue weighted by atomic mass is 32.1.